The van der Waals surface area contributed by atoms with E-state index in [9.17, 15) is 41.0 Å². The number of hydrogen-bond acceptors (Lipinski definition) is 5. The molecule has 0 aliphatic rings. The molecular weight excluding hydrogens is 530 g/mol. The van der Waals surface area contributed by atoms with E-state index in [1.54, 1.807) is 24.3 Å². The average Bonchev–Trinajstić information content (AvgIpc) is 2.86. The van der Waals surface area contributed by atoms with Crippen LogP contribution in [0.4, 0.5) is 26.3 Å². The van der Waals surface area contributed by atoms with E-state index in [0.717, 1.165) is 24.1 Å². The van der Waals surface area contributed by atoms with Crippen molar-refractivity contribution < 1.29 is 50.5 Å². The molecule has 39 heavy (non-hydrogen) atoms. The molecule has 0 bridgehead atoms. The molecule has 3 aromatic carbocycles. The Kier molecular flexibility index (Phi) is 7.89. The molecule has 208 valence electrons. The van der Waals surface area contributed by atoms with Crippen molar-refractivity contribution in [1.82, 2.24) is 0 Å². The van der Waals surface area contributed by atoms with Gasteiger partial charge in [0.2, 0.25) is 0 Å². The van der Waals surface area contributed by atoms with Crippen molar-refractivity contribution in [2.45, 2.75) is 44.1 Å². The van der Waals surface area contributed by atoms with Crippen LogP contribution >= 0.6 is 0 Å². The molecule has 0 heterocycles. The predicted molar refractivity (Wildman–Crippen MR) is 129 cm³/mol. The molecule has 0 amide bonds. The SMILES string of the molecule is COc1ccc(C(C)(C)c2ccc(OC(=O)c3ccc(C(C)=O)cc3C(O)(C(F)(F)F)C(F)(F)F)cc2)cc1. The minimum atomic E-state index is -6.27. The van der Waals surface area contributed by atoms with E-state index >= 15 is 0 Å². The first kappa shape index (κ1) is 29.7. The smallest absolute Gasteiger partial charge is 0.430 e. The Morgan fingerprint density at radius 3 is 1.62 bits per heavy atom. The number of rotatable bonds is 7. The fourth-order valence-electron chi connectivity index (χ4n) is 3.98. The van der Waals surface area contributed by atoms with Crippen molar-refractivity contribution in [1.29, 1.82) is 0 Å². The Morgan fingerprint density at radius 1 is 0.744 bits per heavy atom. The summed E-state index contributed by atoms with van der Waals surface area (Å²) in [6.07, 6.45) is -12.5. The van der Waals surface area contributed by atoms with E-state index in [-0.39, 0.29) is 11.8 Å². The number of esters is 1. The van der Waals surface area contributed by atoms with Crippen molar-refractivity contribution >= 4 is 11.8 Å². The largest absolute Gasteiger partial charge is 0.497 e. The maximum Gasteiger partial charge on any atom is 0.430 e. The highest BCUT2D eigenvalue weighted by molar-refractivity contribution is 5.98. The van der Waals surface area contributed by atoms with Crippen LogP contribution in [-0.2, 0) is 11.0 Å². The molecular formula is C28H24F6O5. The topological polar surface area (TPSA) is 72.8 Å². The van der Waals surface area contributed by atoms with Crippen LogP contribution in [0.2, 0.25) is 0 Å². The van der Waals surface area contributed by atoms with Crippen molar-refractivity contribution in [2.75, 3.05) is 7.11 Å². The number of carbonyl (C=O) groups excluding carboxylic acids is 2. The Labute approximate surface area is 220 Å². The molecule has 0 saturated heterocycles. The summed E-state index contributed by atoms with van der Waals surface area (Å²) in [5.41, 5.74) is -7.92. The lowest BCUT2D eigenvalue weighted by Crippen LogP contribution is -2.54. The molecule has 0 fully saturated rings. The van der Waals surface area contributed by atoms with Gasteiger partial charge in [0.25, 0.3) is 5.60 Å². The van der Waals surface area contributed by atoms with Crippen LogP contribution in [0.3, 0.4) is 0 Å². The Bertz CT molecular complexity index is 1340. The molecule has 3 aromatic rings. The van der Waals surface area contributed by atoms with Gasteiger partial charge in [-0.1, -0.05) is 44.2 Å². The number of Topliss-reactive ketones (excluding diaryl/α,β-unsaturated/α-hetero) is 1. The molecule has 0 saturated carbocycles. The number of carbonyl (C=O) groups is 2. The standard InChI is InChI=1S/C28H24F6O5/c1-16(35)17-5-14-22(23(15-17)26(37,27(29,30)31)28(32,33)34)24(36)39-21-12-8-19(9-13-21)25(2,3)18-6-10-20(38-4)11-7-18/h5-15,37H,1-4H3. The summed E-state index contributed by atoms with van der Waals surface area (Å²) >= 11 is 0. The van der Waals surface area contributed by atoms with E-state index in [1.807, 2.05) is 26.0 Å². The molecule has 11 heteroatoms. The van der Waals surface area contributed by atoms with Crippen LogP contribution in [-0.4, -0.2) is 36.3 Å². The zero-order chi connectivity index (χ0) is 29.4. The maximum atomic E-state index is 13.6. The summed E-state index contributed by atoms with van der Waals surface area (Å²) in [6, 6.07) is 14.8. The summed E-state index contributed by atoms with van der Waals surface area (Å²) in [5, 5.41) is 9.95. The van der Waals surface area contributed by atoms with Gasteiger partial charge in [0.1, 0.15) is 11.5 Å². The fourth-order valence-corrected chi connectivity index (χ4v) is 3.98. The number of aliphatic hydroxyl groups is 1. The highest BCUT2D eigenvalue weighted by Gasteiger charge is 2.72. The van der Waals surface area contributed by atoms with Gasteiger partial charge in [-0.05, 0) is 54.4 Å². The first-order valence-electron chi connectivity index (χ1n) is 11.4. The lowest BCUT2D eigenvalue weighted by atomic mass is 9.78. The zero-order valence-electron chi connectivity index (χ0n) is 21.2. The molecule has 0 atom stereocenters. The van der Waals surface area contributed by atoms with Crippen molar-refractivity contribution in [2.24, 2.45) is 0 Å². The van der Waals surface area contributed by atoms with E-state index in [1.165, 1.54) is 19.2 Å². The lowest BCUT2D eigenvalue weighted by Gasteiger charge is -2.33. The summed E-state index contributed by atoms with van der Waals surface area (Å²) in [7, 11) is 1.54. The highest BCUT2D eigenvalue weighted by atomic mass is 19.4. The fraction of sp³-hybridized carbons (Fsp3) is 0.286. The van der Waals surface area contributed by atoms with Crippen LogP contribution in [0.1, 0.15) is 58.2 Å². The first-order chi connectivity index (χ1) is 17.9. The van der Waals surface area contributed by atoms with E-state index in [2.05, 4.69) is 0 Å². The van der Waals surface area contributed by atoms with Crippen LogP contribution in [0.5, 0.6) is 11.5 Å². The lowest BCUT2D eigenvalue weighted by molar-refractivity contribution is -0.376. The number of alkyl halides is 6. The van der Waals surface area contributed by atoms with Gasteiger partial charge >= 0.3 is 18.3 Å². The van der Waals surface area contributed by atoms with Gasteiger partial charge in [0, 0.05) is 16.5 Å². The molecule has 0 radical (unpaired) electrons. The van der Waals surface area contributed by atoms with Crippen LogP contribution in [0.25, 0.3) is 0 Å². The summed E-state index contributed by atoms with van der Waals surface area (Å²) < 4.78 is 91.9. The summed E-state index contributed by atoms with van der Waals surface area (Å²) in [5.74, 6) is -1.97. The Morgan fingerprint density at radius 2 is 1.21 bits per heavy atom. The van der Waals surface area contributed by atoms with Gasteiger partial charge in [0.15, 0.2) is 5.78 Å². The minimum absolute atomic E-state index is 0.168. The predicted octanol–water partition coefficient (Wildman–Crippen LogP) is 6.76. The zero-order valence-corrected chi connectivity index (χ0v) is 21.2. The number of benzene rings is 3. The molecule has 0 unspecified atom stereocenters. The Hall–Kier alpha value is -3.86. The molecule has 0 spiro atoms. The molecule has 1 N–H and O–H groups in total. The Balaban J connectivity index is 1.99. The van der Waals surface area contributed by atoms with Crippen LogP contribution in [0, 0.1) is 0 Å². The van der Waals surface area contributed by atoms with Gasteiger partial charge < -0.3 is 14.6 Å². The van der Waals surface area contributed by atoms with Gasteiger partial charge in [-0.25, -0.2) is 4.79 Å². The van der Waals surface area contributed by atoms with Crippen molar-refractivity contribution in [3.05, 3.63) is 94.5 Å². The van der Waals surface area contributed by atoms with Crippen molar-refractivity contribution in [3.63, 3.8) is 0 Å². The summed E-state index contributed by atoms with van der Waals surface area (Å²) in [4.78, 5) is 24.5. The second kappa shape index (κ2) is 10.4. The molecule has 3 rings (SSSR count). The normalized spacial score (nSPS) is 12.7. The minimum Gasteiger partial charge on any atom is -0.497 e. The molecule has 0 aliphatic heterocycles. The number of ether oxygens (including phenoxy) is 2. The third-order valence-electron chi connectivity index (χ3n) is 6.45. The van der Waals surface area contributed by atoms with Gasteiger partial charge in [-0.2, -0.15) is 26.3 Å². The molecule has 0 aliphatic carbocycles. The number of hydrogen-bond donors (Lipinski definition) is 1. The maximum absolute atomic E-state index is 13.6. The van der Waals surface area contributed by atoms with Gasteiger partial charge in [-0.3, -0.25) is 4.79 Å². The second-order valence-electron chi connectivity index (χ2n) is 9.29. The van der Waals surface area contributed by atoms with Crippen molar-refractivity contribution in [3.8, 4) is 11.5 Å². The second-order valence-corrected chi connectivity index (χ2v) is 9.29. The summed E-state index contributed by atoms with van der Waals surface area (Å²) in [6.45, 7) is 4.76. The van der Waals surface area contributed by atoms with E-state index in [4.69, 9.17) is 9.47 Å². The van der Waals surface area contributed by atoms with E-state index in [0.29, 0.717) is 11.8 Å². The first-order valence-corrected chi connectivity index (χ1v) is 11.4. The van der Waals surface area contributed by atoms with Crippen LogP contribution in [0.15, 0.2) is 66.7 Å². The van der Waals surface area contributed by atoms with Gasteiger partial charge in [0.05, 0.1) is 12.7 Å². The molecule has 5 nitrogen and oxygen atoms in total. The molecule has 0 aromatic heterocycles. The third-order valence-corrected chi connectivity index (χ3v) is 6.45. The van der Waals surface area contributed by atoms with Gasteiger partial charge in [-0.15, -0.1) is 0 Å². The highest BCUT2D eigenvalue weighted by Crippen LogP contribution is 2.51. The third kappa shape index (κ3) is 5.63. The number of halogens is 6. The quantitative estimate of drug-likeness (QED) is 0.151. The van der Waals surface area contributed by atoms with Crippen LogP contribution < -0.4 is 9.47 Å². The average molecular weight is 554 g/mol. The number of ketones is 1. The van der Waals surface area contributed by atoms with E-state index < -0.39 is 51.8 Å². The number of methoxy groups -OCH3 is 1. The monoisotopic (exact) mass is 554 g/mol.